The lowest BCUT2D eigenvalue weighted by Gasteiger charge is -2.21. The highest BCUT2D eigenvalue weighted by Crippen LogP contribution is 2.35. The molecule has 1 aliphatic carbocycles. The highest BCUT2D eigenvalue weighted by Gasteiger charge is 2.34. The minimum atomic E-state index is -0.840. The number of carboxylic acids is 1. The SMILES string of the molecule is Cc1ccoc1-c1noc([C@@H]2CC=CC[C@@H]2C(=O)O)n1. The smallest absolute Gasteiger partial charge is 0.307 e. The second-order valence-corrected chi connectivity index (χ2v) is 4.88. The van der Waals surface area contributed by atoms with Crippen molar-refractivity contribution in [2.45, 2.75) is 25.7 Å². The van der Waals surface area contributed by atoms with Crippen LogP contribution in [0.5, 0.6) is 0 Å². The maximum atomic E-state index is 11.3. The number of carbonyl (C=O) groups is 1. The Morgan fingerprint density at radius 1 is 1.40 bits per heavy atom. The minimum Gasteiger partial charge on any atom is -0.481 e. The van der Waals surface area contributed by atoms with E-state index in [1.807, 2.05) is 25.1 Å². The van der Waals surface area contributed by atoms with Gasteiger partial charge in [-0.3, -0.25) is 4.79 Å². The Morgan fingerprint density at radius 3 is 2.90 bits per heavy atom. The van der Waals surface area contributed by atoms with Gasteiger partial charge in [-0.1, -0.05) is 17.3 Å². The van der Waals surface area contributed by atoms with Gasteiger partial charge in [0, 0.05) is 0 Å². The van der Waals surface area contributed by atoms with E-state index in [0.717, 1.165) is 5.56 Å². The quantitative estimate of drug-likeness (QED) is 0.865. The van der Waals surface area contributed by atoms with Crippen molar-refractivity contribution in [1.29, 1.82) is 0 Å². The third kappa shape index (κ3) is 2.13. The van der Waals surface area contributed by atoms with Crippen LogP contribution in [0.4, 0.5) is 0 Å². The number of hydrogen-bond acceptors (Lipinski definition) is 5. The average molecular weight is 274 g/mol. The largest absolute Gasteiger partial charge is 0.481 e. The van der Waals surface area contributed by atoms with Crippen LogP contribution in [0.1, 0.15) is 30.2 Å². The fraction of sp³-hybridized carbons (Fsp3) is 0.357. The van der Waals surface area contributed by atoms with Crippen molar-refractivity contribution in [1.82, 2.24) is 10.1 Å². The summed E-state index contributed by atoms with van der Waals surface area (Å²) < 4.78 is 10.6. The van der Waals surface area contributed by atoms with Crippen molar-refractivity contribution >= 4 is 5.97 Å². The van der Waals surface area contributed by atoms with E-state index in [1.165, 1.54) is 0 Å². The standard InChI is InChI=1S/C14H14N2O4/c1-8-6-7-19-11(8)12-15-13(20-16-12)9-4-2-3-5-10(9)14(17)18/h2-3,6-7,9-10H,4-5H2,1H3,(H,17,18)/t9-,10+/m1/s1. The molecule has 2 heterocycles. The maximum Gasteiger partial charge on any atom is 0.307 e. The number of hydrogen-bond donors (Lipinski definition) is 1. The molecule has 6 heteroatoms. The summed E-state index contributed by atoms with van der Waals surface area (Å²) in [5.74, 6) is -0.375. The monoisotopic (exact) mass is 274 g/mol. The lowest BCUT2D eigenvalue weighted by Crippen LogP contribution is -2.23. The van der Waals surface area contributed by atoms with Gasteiger partial charge in [-0.25, -0.2) is 0 Å². The van der Waals surface area contributed by atoms with Crippen LogP contribution >= 0.6 is 0 Å². The first-order chi connectivity index (χ1) is 9.66. The van der Waals surface area contributed by atoms with Crippen LogP contribution in [0.25, 0.3) is 11.6 Å². The molecule has 0 bridgehead atoms. The van der Waals surface area contributed by atoms with E-state index in [1.54, 1.807) is 6.26 Å². The number of nitrogens with zero attached hydrogens (tertiary/aromatic N) is 2. The van der Waals surface area contributed by atoms with Crippen molar-refractivity contribution in [2.24, 2.45) is 5.92 Å². The van der Waals surface area contributed by atoms with Crippen LogP contribution in [0.15, 0.2) is 33.4 Å². The molecular weight excluding hydrogens is 260 g/mol. The summed E-state index contributed by atoms with van der Waals surface area (Å²) in [6.07, 6.45) is 6.46. The van der Waals surface area contributed by atoms with Gasteiger partial charge in [-0.2, -0.15) is 4.98 Å². The molecule has 2 atom stereocenters. The molecule has 2 aromatic rings. The first kappa shape index (κ1) is 12.7. The third-order valence-electron chi connectivity index (χ3n) is 3.57. The number of aliphatic carboxylic acids is 1. The van der Waals surface area contributed by atoms with Gasteiger partial charge in [-0.05, 0) is 31.4 Å². The molecule has 104 valence electrons. The second kappa shape index (κ2) is 4.96. The molecule has 1 aliphatic rings. The van der Waals surface area contributed by atoms with E-state index < -0.39 is 11.9 Å². The number of allylic oxidation sites excluding steroid dienone is 2. The zero-order chi connectivity index (χ0) is 14.1. The molecule has 3 rings (SSSR count). The van der Waals surface area contributed by atoms with Crippen LogP contribution in [-0.2, 0) is 4.79 Å². The van der Waals surface area contributed by atoms with Gasteiger partial charge in [0.15, 0.2) is 5.76 Å². The predicted molar refractivity (Wildman–Crippen MR) is 69.0 cm³/mol. The molecule has 0 radical (unpaired) electrons. The fourth-order valence-electron chi connectivity index (χ4n) is 2.44. The molecule has 0 aliphatic heterocycles. The van der Waals surface area contributed by atoms with Gasteiger partial charge in [0.2, 0.25) is 11.7 Å². The third-order valence-corrected chi connectivity index (χ3v) is 3.57. The summed E-state index contributed by atoms with van der Waals surface area (Å²) in [5.41, 5.74) is 0.913. The molecule has 1 N–H and O–H groups in total. The maximum absolute atomic E-state index is 11.3. The van der Waals surface area contributed by atoms with Crippen LogP contribution in [-0.4, -0.2) is 21.2 Å². The number of aromatic nitrogens is 2. The van der Waals surface area contributed by atoms with Crippen molar-refractivity contribution in [3.05, 3.63) is 35.9 Å². The van der Waals surface area contributed by atoms with E-state index in [-0.39, 0.29) is 5.92 Å². The summed E-state index contributed by atoms with van der Waals surface area (Å²) in [4.78, 5) is 15.6. The number of aryl methyl sites for hydroxylation is 1. The fourth-order valence-corrected chi connectivity index (χ4v) is 2.44. The van der Waals surface area contributed by atoms with Gasteiger partial charge in [-0.15, -0.1) is 0 Å². The highest BCUT2D eigenvalue weighted by atomic mass is 16.5. The first-order valence-corrected chi connectivity index (χ1v) is 6.42. The van der Waals surface area contributed by atoms with E-state index in [4.69, 9.17) is 8.94 Å². The Morgan fingerprint density at radius 2 is 2.20 bits per heavy atom. The molecule has 0 unspecified atom stereocenters. The number of rotatable bonds is 3. The molecule has 0 saturated carbocycles. The minimum absolute atomic E-state index is 0.283. The van der Waals surface area contributed by atoms with Crippen LogP contribution in [0, 0.1) is 12.8 Å². The van der Waals surface area contributed by atoms with Crippen molar-refractivity contribution in [3.63, 3.8) is 0 Å². The number of carboxylic acid groups (broad SMARTS) is 1. The first-order valence-electron chi connectivity index (χ1n) is 6.42. The van der Waals surface area contributed by atoms with Crippen LogP contribution < -0.4 is 0 Å². The van der Waals surface area contributed by atoms with Crippen molar-refractivity contribution < 1.29 is 18.8 Å². The zero-order valence-electron chi connectivity index (χ0n) is 10.9. The summed E-state index contributed by atoms with van der Waals surface area (Å²) in [6, 6.07) is 1.81. The Bertz CT molecular complexity index is 656. The zero-order valence-corrected chi connectivity index (χ0v) is 10.9. The van der Waals surface area contributed by atoms with Crippen LogP contribution in [0.3, 0.4) is 0 Å². The van der Waals surface area contributed by atoms with Gasteiger partial charge >= 0.3 is 5.97 Å². The van der Waals surface area contributed by atoms with Gasteiger partial charge in [0.05, 0.1) is 18.1 Å². The summed E-state index contributed by atoms with van der Waals surface area (Å²) in [7, 11) is 0. The molecule has 20 heavy (non-hydrogen) atoms. The van der Waals surface area contributed by atoms with Crippen molar-refractivity contribution in [2.75, 3.05) is 0 Å². The number of furan rings is 1. The summed E-state index contributed by atoms with van der Waals surface area (Å²) in [5, 5.41) is 13.2. The van der Waals surface area contributed by atoms with Crippen LogP contribution in [0.2, 0.25) is 0 Å². The van der Waals surface area contributed by atoms with E-state index in [0.29, 0.717) is 30.3 Å². The normalized spacial score (nSPS) is 22.1. The Labute approximate surface area is 115 Å². The predicted octanol–water partition coefficient (Wildman–Crippen LogP) is 2.77. The molecule has 0 amide bonds. The molecular formula is C14H14N2O4. The Kier molecular flexibility index (Phi) is 3.14. The van der Waals surface area contributed by atoms with Gasteiger partial charge in [0.1, 0.15) is 0 Å². The van der Waals surface area contributed by atoms with Crippen molar-refractivity contribution in [3.8, 4) is 11.6 Å². The molecule has 2 aromatic heterocycles. The lowest BCUT2D eigenvalue weighted by molar-refractivity contribution is -0.142. The molecule has 6 nitrogen and oxygen atoms in total. The molecule has 0 spiro atoms. The topological polar surface area (TPSA) is 89.4 Å². The summed E-state index contributed by atoms with van der Waals surface area (Å²) in [6.45, 7) is 1.89. The van der Waals surface area contributed by atoms with E-state index in [2.05, 4.69) is 10.1 Å². The lowest BCUT2D eigenvalue weighted by atomic mass is 9.83. The Balaban J connectivity index is 1.91. The second-order valence-electron chi connectivity index (χ2n) is 4.88. The summed E-state index contributed by atoms with van der Waals surface area (Å²) >= 11 is 0. The molecule has 0 fully saturated rings. The van der Waals surface area contributed by atoms with E-state index in [9.17, 15) is 9.90 Å². The average Bonchev–Trinajstić information content (AvgIpc) is 3.07. The molecule has 0 aromatic carbocycles. The van der Waals surface area contributed by atoms with E-state index >= 15 is 0 Å². The highest BCUT2D eigenvalue weighted by molar-refractivity contribution is 5.71. The Hall–Kier alpha value is -2.37. The molecule has 0 saturated heterocycles. The van der Waals surface area contributed by atoms with Gasteiger partial charge < -0.3 is 14.0 Å². The van der Waals surface area contributed by atoms with Gasteiger partial charge in [0.25, 0.3) is 0 Å².